The number of carbonyl (C=O) groups excluding carboxylic acids is 3. The van der Waals surface area contributed by atoms with Gasteiger partial charge in [-0.1, -0.05) is 18.2 Å². The van der Waals surface area contributed by atoms with E-state index in [1.165, 1.54) is 18.1 Å². The molecule has 2 amide bonds. The fourth-order valence-electron chi connectivity index (χ4n) is 5.78. The maximum Gasteiger partial charge on any atom is 0.249 e. The molecule has 0 spiro atoms. The molecule has 222 valence electrons. The number of para-hydroxylation sites is 1. The van der Waals surface area contributed by atoms with Gasteiger partial charge in [-0.25, -0.2) is 0 Å². The van der Waals surface area contributed by atoms with Crippen LogP contribution < -0.4 is 14.8 Å². The van der Waals surface area contributed by atoms with Gasteiger partial charge in [-0.05, 0) is 42.7 Å². The van der Waals surface area contributed by atoms with E-state index in [0.717, 1.165) is 16.6 Å². The molecule has 2 heterocycles. The zero-order valence-electron chi connectivity index (χ0n) is 23.5. The second-order valence-corrected chi connectivity index (χ2v) is 10.3. The number of nitrogens with one attached hydrogen (secondary N) is 2. The average molecular weight is 578 g/mol. The highest BCUT2D eigenvalue weighted by molar-refractivity contribution is 5.96. The number of benzene rings is 2. The zero-order chi connectivity index (χ0) is 29.8. The van der Waals surface area contributed by atoms with Gasteiger partial charge in [-0.2, -0.15) is 0 Å². The Balaban J connectivity index is 1.53. The van der Waals surface area contributed by atoms with E-state index in [1.807, 2.05) is 30.3 Å². The lowest BCUT2D eigenvalue weighted by Crippen LogP contribution is -2.56. The van der Waals surface area contributed by atoms with Crippen LogP contribution in [0.4, 0.5) is 0 Å². The average Bonchev–Trinajstić information content (AvgIpc) is 3.61. The Morgan fingerprint density at radius 2 is 2.02 bits per heavy atom. The number of hydrogen-bond donors (Lipinski definition) is 4. The van der Waals surface area contributed by atoms with Gasteiger partial charge in [0.1, 0.15) is 25.1 Å². The Labute approximate surface area is 243 Å². The molecule has 0 saturated heterocycles. The second-order valence-electron chi connectivity index (χ2n) is 10.3. The van der Waals surface area contributed by atoms with E-state index < -0.39 is 30.1 Å². The molecule has 5 rings (SSSR count). The number of amides is 2. The number of nitrogens with zero attached hydrogens (tertiary/aromatic N) is 1. The molecule has 1 aliphatic carbocycles. The van der Waals surface area contributed by atoms with Gasteiger partial charge in [-0.15, -0.1) is 0 Å². The topological polar surface area (TPSA) is 150 Å². The predicted octanol–water partition coefficient (Wildman–Crippen LogP) is 1.72. The minimum atomic E-state index is -1.23. The lowest BCUT2D eigenvalue weighted by atomic mass is 9.77. The van der Waals surface area contributed by atoms with Gasteiger partial charge in [-0.3, -0.25) is 14.4 Å². The first-order valence-electron chi connectivity index (χ1n) is 14.0. The number of H-pyrrole nitrogens is 1. The van der Waals surface area contributed by atoms with E-state index in [4.69, 9.17) is 14.2 Å². The third kappa shape index (κ3) is 5.63. The number of aromatic amines is 1. The Hall–Kier alpha value is -4.19. The van der Waals surface area contributed by atoms with E-state index in [-0.39, 0.29) is 37.8 Å². The number of aliphatic hydroxyl groups is 2. The van der Waals surface area contributed by atoms with E-state index >= 15 is 0 Å². The number of aromatic nitrogens is 1. The molecule has 42 heavy (non-hydrogen) atoms. The first-order chi connectivity index (χ1) is 20.4. The molecule has 0 fully saturated rings. The van der Waals surface area contributed by atoms with Crippen LogP contribution in [0.5, 0.6) is 11.5 Å². The van der Waals surface area contributed by atoms with Crippen LogP contribution in [0.3, 0.4) is 0 Å². The van der Waals surface area contributed by atoms with Crippen LogP contribution in [-0.2, 0) is 20.7 Å². The molecule has 4 N–H and O–H groups in total. The van der Waals surface area contributed by atoms with Gasteiger partial charge in [0.2, 0.25) is 11.8 Å². The molecule has 4 atom stereocenters. The zero-order valence-corrected chi connectivity index (χ0v) is 23.5. The summed E-state index contributed by atoms with van der Waals surface area (Å²) in [6.45, 7) is 1.90. The molecular formula is C31H35N3O8. The van der Waals surface area contributed by atoms with Crippen molar-refractivity contribution in [3.63, 3.8) is 0 Å². The highest BCUT2D eigenvalue weighted by Crippen LogP contribution is 2.51. The minimum absolute atomic E-state index is 0.0135. The lowest BCUT2D eigenvalue weighted by molar-refractivity contribution is -0.141. The Kier molecular flexibility index (Phi) is 8.91. The van der Waals surface area contributed by atoms with Gasteiger partial charge >= 0.3 is 0 Å². The van der Waals surface area contributed by atoms with Crippen molar-refractivity contribution in [2.24, 2.45) is 0 Å². The van der Waals surface area contributed by atoms with Crippen LogP contribution in [0.1, 0.15) is 34.5 Å². The molecule has 0 bridgehead atoms. The van der Waals surface area contributed by atoms with Crippen molar-refractivity contribution in [3.05, 3.63) is 70.9 Å². The third-order valence-electron chi connectivity index (χ3n) is 7.73. The highest BCUT2D eigenvalue weighted by atomic mass is 16.5. The summed E-state index contributed by atoms with van der Waals surface area (Å²) < 4.78 is 17.1. The molecule has 2 aromatic carbocycles. The number of ether oxygens (including phenoxy) is 3. The molecule has 2 aliphatic rings. The van der Waals surface area contributed by atoms with Crippen molar-refractivity contribution in [2.75, 3.05) is 40.0 Å². The van der Waals surface area contributed by atoms with Gasteiger partial charge in [0.05, 0.1) is 25.7 Å². The van der Waals surface area contributed by atoms with Crippen LogP contribution in [0.15, 0.2) is 54.1 Å². The highest BCUT2D eigenvalue weighted by Gasteiger charge is 2.51. The number of aldehydes is 1. The van der Waals surface area contributed by atoms with Gasteiger partial charge in [0.15, 0.2) is 11.5 Å². The number of hydrogen-bond acceptors (Lipinski definition) is 8. The Bertz CT molecular complexity index is 1470. The van der Waals surface area contributed by atoms with Gasteiger partial charge in [0, 0.05) is 54.0 Å². The second kappa shape index (κ2) is 12.8. The first kappa shape index (κ1) is 29.3. The van der Waals surface area contributed by atoms with E-state index in [0.29, 0.717) is 41.9 Å². The summed E-state index contributed by atoms with van der Waals surface area (Å²) >= 11 is 0. The number of rotatable bonds is 12. The van der Waals surface area contributed by atoms with Crippen molar-refractivity contribution in [2.45, 2.75) is 37.5 Å². The molecule has 0 saturated carbocycles. The summed E-state index contributed by atoms with van der Waals surface area (Å²) in [6, 6.07) is 12.1. The van der Waals surface area contributed by atoms with Gasteiger partial charge < -0.3 is 39.6 Å². The van der Waals surface area contributed by atoms with Crippen molar-refractivity contribution in [3.8, 4) is 11.5 Å². The predicted molar refractivity (Wildman–Crippen MR) is 154 cm³/mol. The third-order valence-corrected chi connectivity index (χ3v) is 7.73. The molecule has 1 aromatic heterocycles. The van der Waals surface area contributed by atoms with E-state index in [2.05, 4.69) is 10.3 Å². The minimum Gasteiger partial charge on any atom is -0.493 e. The number of aliphatic hydroxyl groups excluding tert-OH is 2. The quantitative estimate of drug-likeness (QED) is 0.238. The smallest absolute Gasteiger partial charge is 0.249 e. The summed E-state index contributed by atoms with van der Waals surface area (Å²) in [5, 5.41) is 24.8. The normalized spacial score (nSPS) is 20.7. The molecule has 3 aromatic rings. The summed E-state index contributed by atoms with van der Waals surface area (Å²) in [5.74, 6) is -0.944. The SMILES string of the molecule is CCOCC(=O)N(CCc1cc2ccccc2[nH]1)[C@@H]1C=C(C(=O)NCCO)[C@@H]2c3cc(C=O)cc(OC)c3O[C@@H]2[C@H]1O. The number of methoxy groups -OCH3 is 1. The molecule has 0 unspecified atom stereocenters. The number of carbonyl (C=O) groups is 3. The largest absolute Gasteiger partial charge is 0.493 e. The maximum atomic E-state index is 13.5. The monoisotopic (exact) mass is 577 g/mol. The van der Waals surface area contributed by atoms with Crippen molar-refractivity contribution in [1.82, 2.24) is 15.2 Å². The Morgan fingerprint density at radius 3 is 2.74 bits per heavy atom. The van der Waals surface area contributed by atoms with E-state index in [9.17, 15) is 24.6 Å². The maximum absolute atomic E-state index is 13.5. The summed E-state index contributed by atoms with van der Waals surface area (Å²) in [7, 11) is 1.44. The van der Waals surface area contributed by atoms with Crippen LogP contribution >= 0.6 is 0 Å². The molecule has 1 aliphatic heterocycles. The summed E-state index contributed by atoms with van der Waals surface area (Å²) in [4.78, 5) is 43.5. The molecule has 0 radical (unpaired) electrons. The molecule has 11 heteroatoms. The van der Waals surface area contributed by atoms with Crippen LogP contribution in [0, 0.1) is 0 Å². The van der Waals surface area contributed by atoms with Gasteiger partial charge in [0.25, 0.3) is 0 Å². The molecular weight excluding hydrogens is 542 g/mol. The van der Waals surface area contributed by atoms with Crippen LogP contribution in [0.2, 0.25) is 0 Å². The van der Waals surface area contributed by atoms with Crippen molar-refractivity contribution < 1.29 is 38.8 Å². The fraction of sp³-hybridized carbons (Fsp3) is 0.387. The van der Waals surface area contributed by atoms with Crippen molar-refractivity contribution in [1.29, 1.82) is 0 Å². The Morgan fingerprint density at radius 1 is 1.21 bits per heavy atom. The molecule has 11 nitrogen and oxygen atoms in total. The summed E-state index contributed by atoms with van der Waals surface area (Å²) in [5.41, 5.74) is 2.99. The van der Waals surface area contributed by atoms with E-state index in [1.54, 1.807) is 19.1 Å². The number of fused-ring (bicyclic) bond motifs is 4. The summed E-state index contributed by atoms with van der Waals surface area (Å²) in [6.07, 6.45) is 0.546. The first-order valence-corrected chi connectivity index (χ1v) is 14.0. The van der Waals surface area contributed by atoms with Crippen molar-refractivity contribution >= 4 is 29.0 Å². The lowest BCUT2D eigenvalue weighted by Gasteiger charge is -2.40. The fourth-order valence-corrected chi connectivity index (χ4v) is 5.78. The van der Waals surface area contributed by atoms with Crippen LogP contribution in [-0.4, -0.2) is 96.5 Å². The standard InChI is InChI=1S/C31H35N3O8/c1-3-41-17-26(37)34(10-8-20-14-19-6-4-5-7-23(19)33-20)24-15-22(31(39)32-9-11-35)27-21-12-18(16-36)13-25(40-2)29(21)42-30(27)28(24)38/h4-7,12-16,24,27-28,30,33,35,38H,3,8-11,17H2,1-2H3,(H,32,39)/t24-,27+,28+,30+/m1/s1. The van der Waals surface area contributed by atoms with Crippen LogP contribution in [0.25, 0.3) is 10.9 Å².